The molecule has 0 unspecified atom stereocenters. The first kappa shape index (κ1) is 21.3. The van der Waals surface area contributed by atoms with Crippen molar-refractivity contribution in [2.24, 2.45) is 0 Å². The van der Waals surface area contributed by atoms with Crippen molar-refractivity contribution in [3.8, 4) is 0 Å². The van der Waals surface area contributed by atoms with E-state index in [2.05, 4.69) is 66.9 Å². The van der Waals surface area contributed by atoms with Crippen molar-refractivity contribution in [2.45, 2.75) is 39.0 Å². The minimum atomic E-state index is -0.481. The second-order valence-electron chi connectivity index (χ2n) is 8.26. The topological polar surface area (TPSA) is 59.0 Å². The number of anilines is 1. The quantitative estimate of drug-likeness (QED) is 0.581. The average molecular weight is 397 g/mol. The number of benzene rings is 2. The summed E-state index contributed by atoms with van der Waals surface area (Å²) in [5.74, 6) is -0.481. The van der Waals surface area contributed by atoms with Gasteiger partial charge in [0.2, 0.25) is 0 Å². The lowest BCUT2D eigenvalue weighted by molar-refractivity contribution is 0.0290. The highest BCUT2D eigenvalue weighted by atomic mass is 16.5. The predicted octanol–water partition coefficient (Wildman–Crippen LogP) is 2.97. The summed E-state index contributed by atoms with van der Waals surface area (Å²) in [7, 11) is 4.12. The number of rotatable bonds is 6. The van der Waals surface area contributed by atoms with Crippen LogP contribution in [0.15, 0.2) is 48.5 Å². The lowest BCUT2D eigenvalue weighted by atomic mass is 10.0. The molecule has 0 bridgehead atoms. The zero-order valence-corrected chi connectivity index (χ0v) is 17.8. The van der Waals surface area contributed by atoms with E-state index in [1.807, 2.05) is 12.1 Å². The summed E-state index contributed by atoms with van der Waals surface area (Å²) in [6, 6.07) is 17.1. The summed E-state index contributed by atoms with van der Waals surface area (Å²) >= 11 is 0. The third-order valence-corrected chi connectivity index (χ3v) is 5.72. The maximum absolute atomic E-state index is 11.5. The SMILES string of the molecule is C[C@@H]1CN(Cc2ccc(N(C)C)cc2)C[C@H](C)N1Cc1ccc(C(=O)NO)cc1. The molecule has 3 rings (SSSR count). The molecule has 0 saturated carbocycles. The normalized spacial score (nSPS) is 20.4. The zero-order chi connectivity index (χ0) is 21.0. The van der Waals surface area contributed by atoms with Crippen molar-refractivity contribution in [2.75, 3.05) is 32.1 Å². The molecule has 1 fully saturated rings. The lowest BCUT2D eigenvalue weighted by Crippen LogP contribution is -2.55. The molecule has 2 aromatic rings. The molecule has 1 aliphatic heterocycles. The maximum atomic E-state index is 11.5. The Bertz CT molecular complexity index is 793. The van der Waals surface area contributed by atoms with E-state index in [1.54, 1.807) is 17.6 Å². The first-order valence-electron chi connectivity index (χ1n) is 10.1. The van der Waals surface area contributed by atoms with Crippen LogP contribution in [0, 0.1) is 0 Å². The molecule has 2 N–H and O–H groups in total. The Balaban J connectivity index is 1.58. The van der Waals surface area contributed by atoms with Crippen LogP contribution in [0.3, 0.4) is 0 Å². The van der Waals surface area contributed by atoms with E-state index in [0.29, 0.717) is 17.6 Å². The van der Waals surface area contributed by atoms with E-state index < -0.39 is 5.91 Å². The number of nitrogens with one attached hydrogen (secondary N) is 1. The van der Waals surface area contributed by atoms with Gasteiger partial charge in [-0.25, -0.2) is 5.48 Å². The highest BCUT2D eigenvalue weighted by Gasteiger charge is 2.29. The molecule has 0 aliphatic carbocycles. The van der Waals surface area contributed by atoms with Crippen molar-refractivity contribution in [1.29, 1.82) is 0 Å². The molecule has 1 aliphatic rings. The highest BCUT2D eigenvalue weighted by Crippen LogP contribution is 2.22. The van der Waals surface area contributed by atoms with Gasteiger partial charge in [-0.3, -0.25) is 19.8 Å². The van der Waals surface area contributed by atoms with Gasteiger partial charge in [-0.1, -0.05) is 24.3 Å². The van der Waals surface area contributed by atoms with Gasteiger partial charge in [0.1, 0.15) is 0 Å². The highest BCUT2D eigenvalue weighted by molar-refractivity contribution is 5.93. The van der Waals surface area contributed by atoms with Gasteiger partial charge in [0.25, 0.3) is 5.91 Å². The Morgan fingerprint density at radius 2 is 1.48 bits per heavy atom. The second kappa shape index (κ2) is 9.39. The Hall–Kier alpha value is -2.41. The molecule has 0 radical (unpaired) electrons. The van der Waals surface area contributed by atoms with Gasteiger partial charge in [-0.2, -0.15) is 0 Å². The minimum Gasteiger partial charge on any atom is -0.378 e. The van der Waals surface area contributed by atoms with Crippen molar-refractivity contribution >= 4 is 11.6 Å². The summed E-state index contributed by atoms with van der Waals surface area (Å²) in [5.41, 5.74) is 5.88. The molecule has 1 saturated heterocycles. The fourth-order valence-corrected chi connectivity index (χ4v) is 4.10. The fraction of sp³-hybridized carbons (Fsp3) is 0.435. The molecule has 0 aromatic heterocycles. The number of hydrogen-bond acceptors (Lipinski definition) is 5. The van der Waals surface area contributed by atoms with Crippen LogP contribution < -0.4 is 10.4 Å². The molecule has 6 heteroatoms. The summed E-state index contributed by atoms with van der Waals surface area (Å²) in [5, 5.41) is 8.74. The van der Waals surface area contributed by atoms with Crippen molar-refractivity contribution < 1.29 is 10.0 Å². The van der Waals surface area contributed by atoms with Crippen LogP contribution in [0.5, 0.6) is 0 Å². The molecular weight excluding hydrogens is 364 g/mol. The summed E-state index contributed by atoms with van der Waals surface area (Å²) < 4.78 is 0. The Labute approximate surface area is 173 Å². The number of hydroxylamine groups is 1. The molecule has 1 heterocycles. The average Bonchev–Trinajstić information content (AvgIpc) is 2.71. The number of carbonyl (C=O) groups excluding carboxylic acids is 1. The van der Waals surface area contributed by atoms with E-state index in [1.165, 1.54) is 16.8 Å². The lowest BCUT2D eigenvalue weighted by Gasteiger charge is -2.44. The standard InChI is InChI=1S/C23H32N4O2/c1-17-13-26(15-19-7-11-22(12-8-19)25(3)4)14-18(2)27(17)16-20-5-9-21(10-6-20)23(28)24-29/h5-12,17-18,29H,13-16H2,1-4H3,(H,24,28)/t17-,18+. The summed E-state index contributed by atoms with van der Waals surface area (Å²) in [6.45, 7) is 8.46. The third kappa shape index (κ3) is 5.35. The third-order valence-electron chi connectivity index (χ3n) is 5.72. The molecule has 1 amide bonds. The van der Waals surface area contributed by atoms with Crippen molar-refractivity contribution in [3.63, 3.8) is 0 Å². The smallest absolute Gasteiger partial charge is 0.274 e. The van der Waals surface area contributed by atoms with Gasteiger partial charge >= 0.3 is 0 Å². The van der Waals surface area contributed by atoms with Crippen LogP contribution in [-0.2, 0) is 13.1 Å². The molecule has 29 heavy (non-hydrogen) atoms. The number of hydrogen-bond donors (Lipinski definition) is 2. The Morgan fingerprint density at radius 1 is 0.966 bits per heavy atom. The molecule has 156 valence electrons. The number of carbonyl (C=O) groups is 1. The van der Waals surface area contributed by atoms with Gasteiger partial charge < -0.3 is 4.90 Å². The maximum Gasteiger partial charge on any atom is 0.274 e. The van der Waals surface area contributed by atoms with E-state index in [4.69, 9.17) is 5.21 Å². The van der Waals surface area contributed by atoms with Gasteiger partial charge in [-0.05, 0) is 49.2 Å². The Morgan fingerprint density at radius 3 is 2.00 bits per heavy atom. The van der Waals surface area contributed by atoms with Gasteiger partial charge in [0, 0.05) is 63.6 Å². The fourth-order valence-electron chi connectivity index (χ4n) is 4.10. The monoisotopic (exact) mass is 396 g/mol. The van der Waals surface area contributed by atoms with E-state index >= 15 is 0 Å². The van der Waals surface area contributed by atoms with Crippen molar-refractivity contribution in [1.82, 2.24) is 15.3 Å². The zero-order valence-electron chi connectivity index (χ0n) is 17.8. The number of nitrogens with zero attached hydrogens (tertiary/aromatic N) is 3. The van der Waals surface area contributed by atoms with Gasteiger partial charge in [0.05, 0.1) is 0 Å². The van der Waals surface area contributed by atoms with Crippen LogP contribution in [0.2, 0.25) is 0 Å². The van der Waals surface area contributed by atoms with E-state index in [-0.39, 0.29) is 0 Å². The van der Waals surface area contributed by atoms with E-state index in [0.717, 1.165) is 26.2 Å². The minimum absolute atomic E-state index is 0.445. The van der Waals surface area contributed by atoms with Crippen molar-refractivity contribution in [3.05, 3.63) is 65.2 Å². The molecular formula is C23H32N4O2. The Kier molecular flexibility index (Phi) is 6.90. The number of amides is 1. The van der Waals surface area contributed by atoms with Gasteiger partial charge in [0.15, 0.2) is 0 Å². The molecule has 2 atom stereocenters. The first-order chi connectivity index (χ1) is 13.9. The molecule has 0 spiro atoms. The largest absolute Gasteiger partial charge is 0.378 e. The van der Waals surface area contributed by atoms with Gasteiger partial charge in [-0.15, -0.1) is 0 Å². The van der Waals surface area contributed by atoms with Crippen LogP contribution >= 0.6 is 0 Å². The number of piperazine rings is 1. The van der Waals surface area contributed by atoms with Crippen LogP contribution in [0.25, 0.3) is 0 Å². The second-order valence-corrected chi connectivity index (χ2v) is 8.26. The first-order valence-corrected chi connectivity index (χ1v) is 10.1. The van der Waals surface area contributed by atoms with Crippen LogP contribution in [-0.4, -0.2) is 60.2 Å². The summed E-state index contributed by atoms with van der Waals surface area (Å²) in [4.78, 5) is 18.7. The molecule has 2 aromatic carbocycles. The van der Waals surface area contributed by atoms with Crippen LogP contribution in [0.1, 0.15) is 35.3 Å². The van der Waals surface area contributed by atoms with Crippen LogP contribution in [0.4, 0.5) is 5.69 Å². The molecule has 6 nitrogen and oxygen atoms in total. The summed E-state index contributed by atoms with van der Waals surface area (Å²) in [6.07, 6.45) is 0. The predicted molar refractivity (Wildman–Crippen MR) is 116 cm³/mol. The van der Waals surface area contributed by atoms with E-state index in [9.17, 15) is 4.79 Å².